The summed E-state index contributed by atoms with van der Waals surface area (Å²) in [5.41, 5.74) is 0.553. The Morgan fingerprint density at radius 1 is 1.17 bits per heavy atom. The van der Waals surface area contributed by atoms with Gasteiger partial charge in [0.2, 0.25) is 11.8 Å². The van der Waals surface area contributed by atoms with Crippen LogP contribution in [0.4, 0.5) is 11.5 Å². The molecular formula is C14H11N5O4S. The number of aromatic nitrogens is 2. The molecular weight excluding hydrogens is 334 g/mol. The van der Waals surface area contributed by atoms with Gasteiger partial charge in [-0.25, -0.2) is 4.98 Å². The summed E-state index contributed by atoms with van der Waals surface area (Å²) in [4.78, 5) is 37.9. The Hall–Kier alpha value is -3.01. The van der Waals surface area contributed by atoms with E-state index in [2.05, 4.69) is 10.1 Å². The zero-order valence-corrected chi connectivity index (χ0v) is 13.5. The van der Waals surface area contributed by atoms with Crippen molar-refractivity contribution in [3.05, 3.63) is 46.3 Å². The van der Waals surface area contributed by atoms with Crippen LogP contribution >= 0.6 is 11.8 Å². The topological polar surface area (TPSA) is 111 Å². The third kappa shape index (κ3) is 2.67. The fourth-order valence-corrected chi connectivity index (χ4v) is 3.17. The van der Waals surface area contributed by atoms with Crippen molar-refractivity contribution < 1.29 is 14.5 Å². The molecule has 0 atom stereocenters. The number of hydrogen-bond donors (Lipinski definition) is 0. The van der Waals surface area contributed by atoms with Gasteiger partial charge in [0.25, 0.3) is 5.69 Å². The molecule has 0 fully saturated rings. The molecule has 0 bridgehead atoms. The number of thioether (sulfide) groups is 1. The fraction of sp³-hybridized carbons (Fsp3) is 0.143. The normalized spacial score (nSPS) is 13.2. The summed E-state index contributed by atoms with van der Waals surface area (Å²) in [5, 5.41) is 17.0. The predicted molar refractivity (Wildman–Crippen MR) is 87.2 cm³/mol. The van der Waals surface area contributed by atoms with Gasteiger partial charge in [-0.1, -0.05) is 0 Å². The number of nitro benzene ring substituents is 1. The molecule has 0 N–H and O–H groups in total. The number of nitro groups is 1. The Bertz CT molecular complexity index is 887. The zero-order chi connectivity index (χ0) is 17.4. The SMILES string of the molecule is CC(=O)N1N=C(c2ccc([N+](=O)[O-])cc2)Sc2c1ncn2C(C)=O. The van der Waals surface area contributed by atoms with Crippen LogP contribution in [0.15, 0.2) is 40.7 Å². The van der Waals surface area contributed by atoms with Crippen LogP contribution in [0, 0.1) is 10.1 Å². The highest BCUT2D eigenvalue weighted by molar-refractivity contribution is 8.14. The molecule has 9 nitrogen and oxygen atoms in total. The first-order chi connectivity index (χ1) is 11.4. The van der Waals surface area contributed by atoms with Gasteiger partial charge in [-0.05, 0) is 23.9 Å². The van der Waals surface area contributed by atoms with Crippen LogP contribution in [-0.2, 0) is 4.79 Å². The molecule has 0 saturated heterocycles. The van der Waals surface area contributed by atoms with Crippen molar-refractivity contribution in [3.63, 3.8) is 0 Å². The summed E-state index contributed by atoms with van der Waals surface area (Å²) in [7, 11) is 0. The number of imidazole rings is 1. The van der Waals surface area contributed by atoms with Gasteiger partial charge in [-0.2, -0.15) is 10.1 Å². The molecule has 1 aromatic carbocycles. The maximum atomic E-state index is 11.8. The second-order valence-corrected chi connectivity index (χ2v) is 5.88. The average Bonchev–Trinajstić information content (AvgIpc) is 2.97. The molecule has 0 saturated carbocycles. The van der Waals surface area contributed by atoms with Gasteiger partial charge >= 0.3 is 0 Å². The van der Waals surface area contributed by atoms with E-state index in [4.69, 9.17) is 0 Å². The van der Waals surface area contributed by atoms with E-state index in [9.17, 15) is 19.7 Å². The van der Waals surface area contributed by atoms with Crippen molar-refractivity contribution in [1.82, 2.24) is 9.55 Å². The minimum Gasteiger partial charge on any atom is -0.274 e. The smallest absolute Gasteiger partial charge is 0.269 e. The van der Waals surface area contributed by atoms with E-state index in [-0.39, 0.29) is 23.3 Å². The van der Waals surface area contributed by atoms with Gasteiger partial charge in [0, 0.05) is 31.5 Å². The number of non-ortho nitro benzene ring substituents is 1. The minimum absolute atomic E-state index is 0.0435. The van der Waals surface area contributed by atoms with Crippen molar-refractivity contribution in [2.45, 2.75) is 18.9 Å². The van der Waals surface area contributed by atoms with E-state index >= 15 is 0 Å². The maximum absolute atomic E-state index is 11.8. The van der Waals surface area contributed by atoms with Crippen LogP contribution in [0.2, 0.25) is 0 Å². The molecule has 2 heterocycles. The second-order valence-electron chi connectivity index (χ2n) is 4.90. The van der Waals surface area contributed by atoms with E-state index in [1.54, 1.807) is 12.1 Å². The molecule has 24 heavy (non-hydrogen) atoms. The highest BCUT2D eigenvalue weighted by Crippen LogP contribution is 2.37. The van der Waals surface area contributed by atoms with Crippen molar-refractivity contribution in [1.29, 1.82) is 0 Å². The molecule has 2 aromatic rings. The third-order valence-corrected chi connectivity index (χ3v) is 4.34. The first kappa shape index (κ1) is 15.9. The number of nitrogens with zero attached hydrogens (tertiary/aromatic N) is 5. The van der Waals surface area contributed by atoms with Crippen molar-refractivity contribution in [2.24, 2.45) is 5.10 Å². The second kappa shape index (κ2) is 5.89. The van der Waals surface area contributed by atoms with Crippen LogP contribution in [0.5, 0.6) is 0 Å². The lowest BCUT2D eigenvalue weighted by atomic mass is 10.2. The highest BCUT2D eigenvalue weighted by atomic mass is 32.2. The van der Waals surface area contributed by atoms with Crippen LogP contribution in [0.3, 0.4) is 0 Å². The molecule has 1 aromatic heterocycles. The van der Waals surface area contributed by atoms with Gasteiger partial charge in [0.05, 0.1) is 4.92 Å². The van der Waals surface area contributed by atoms with Crippen molar-refractivity contribution in [2.75, 3.05) is 5.01 Å². The molecule has 0 aliphatic carbocycles. The largest absolute Gasteiger partial charge is 0.274 e. The predicted octanol–water partition coefficient (Wildman–Crippen LogP) is 2.27. The van der Waals surface area contributed by atoms with E-state index in [0.29, 0.717) is 15.6 Å². The van der Waals surface area contributed by atoms with Crippen LogP contribution in [0.1, 0.15) is 24.2 Å². The lowest BCUT2D eigenvalue weighted by Gasteiger charge is -2.21. The third-order valence-electron chi connectivity index (χ3n) is 3.25. The molecule has 1 aliphatic heterocycles. The molecule has 122 valence electrons. The van der Waals surface area contributed by atoms with Crippen LogP contribution < -0.4 is 5.01 Å². The first-order valence-electron chi connectivity index (χ1n) is 6.78. The molecule has 0 radical (unpaired) electrons. The van der Waals surface area contributed by atoms with Gasteiger partial charge in [-0.15, -0.1) is 0 Å². The van der Waals surface area contributed by atoms with Gasteiger partial charge in [0.1, 0.15) is 16.4 Å². The lowest BCUT2D eigenvalue weighted by Crippen LogP contribution is -2.28. The highest BCUT2D eigenvalue weighted by Gasteiger charge is 2.29. The zero-order valence-electron chi connectivity index (χ0n) is 12.7. The molecule has 1 aliphatic rings. The van der Waals surface area contributed by atoms with Crippen molar-refractivity contribution in [3.8, 4) is 0 Å². The summed E-state index contributed by atoms with van der Waals surface area (Å²) in [5.74, 6) is -0.317. The van der Waals surface area contributed by atoms with E-state index in [1.807, 2.05) is 0 Å². The average molecular weight is 345 g/mol. The summed E-state index contributed by atoms with van der Waals surface area (Å²) >= 11 is 1.17. The Kier molecular flexibility index (Phi) is 3.89. The number of carbonyl (C=O) groups is 2. The molecule has 0 unspecified atom stereocenters. The van der Waals surface area contributed by atoms with E-state index < -0.39 is 4.92 Å². The number of benzene rings is 1. The molecule has 0 spiro atoms. The summed E-state index contributed by atoms with van der Waals surface area (Å²) in [6.07, 6.45) is 1.34. The number of anilines is 1. The summed E-state index contributed by atoms with van der Waals surface area (Å²) in [6, 6.07) is 5.80. The fourth-order valence-electron chi connectivity index (χ4n) is 2.10. The number of rotatable bonds is 2. The van der Waals surface area contributed by atoms with Gasteiger partial charge in [0.15, 0.2) is 5.82 Å². The number of carbonyl (C=O) groups excluding carboxylic acids is 2. The summed E-state index contributed by atoms with van der Waals surface area (Å²) < 4.78 is 1.33. The number of amides is 1. The lowest BCUT2D eigenvalue weighted by molar-refractivity contribution is -0.384. The van der Waals surface area contributed by atoms with Gasteiger partial charge in [-0.3, -0.25) is 24.3 Å². The minimum atomic E-state index is -0.496. The van der Waals surface area contributed by atoms with E-state index in [1.165, 1.54) is 48.6 Å². The molecule has 1 amide bonds. The standard InChI is InChI=1S/C14H11N5O4S/c1-8(20)17-7-15-12-14(17)24-13(16-18(12)9(2)21)10-3-5-11(6-4-10)19(22)23/h3-7H,1-2H3. The summed E-state index contributed by atoms with van der Waals surface area (Å²) in [6.45, 7) is 2.72. The van der Waals surface area contributed by atoms with Gasteiger partial charge < -0.3 is 0 Å². The Morgan fingerprint density at radius 3 is 2.38 bits per heavy atom. The Morgan fingerprint density at radius 2 is 1.83 bits per heavy atom. The number of hydrazone groups is 1. The monoisotopic (exact) mass is 345 g/mol. The molecule has 3 rings (SSSR count). The maximum Gasteiger partial charge on any atom is 0.269 e. The quantitative estimate of drug-likeness (QED) is 0.610. The van der Waals surface area contributed by atoms with E-state index in [0.717, 1.165) is 5.01 Å². The number of hydrogen-bond acceptors (Lipinski definition) is 7. The van der Waals surface area contributed by atoms with Crippen molar-refractivity contribution >= 4 is 40.1 Å². The first-order valence-corrected chi connectivity index (χ1v) is 7.60. The number of fused-ring (bicyclic) bond motifs is 1. The van der Waals surface area contributed by atoms with Crippen LogP contribution in [-0.4, -0.2) is 31.3 Å². The Balaban J connectivity index is 2.05. The van der Waals surface area contributed by atoms with Crippen LogP contribution in [0.25, 0.3) is 0 Å². The molecule has 10 heteroatoms. The Labute approximate surface area is 140 Å².